The van der Waals surface area contributed by atoms with Crippen molar-refractivity contribution in [1.82, 2.24) is 10.6 Å². The van der Waals surface area contributed by atoms with Crippen molar-refractivity contribution in [2.45, 2.75) is 32.9 Å². The predicted molar refractivity (Wildman–Crippen MR) is 89.3 cm³/mol. The summed E-state index contributed by atoms with van der Waals surface area (Å²) in [4.78, 5) is 34.8. The Morgan fingerprint density at radius 3 is 2.42 bits per heavy atom. The van der Waals surface area contributed by atoms with E-state index < -0.39 is 30.6 Å². The quantitative estimate of drug-likeness (QED) is 0.744. The molecule has 1 aromatic carbocycles. The predicted octanol–water partition coefficient (Wildman–Crippen LogP) is 2.54. The van der Waals surface area contributed by atoms with Gasteiger partial charge in [0.05, 0.1) is 5.02 Å². The van der Waals surface area contributed by atoms with E-state index in [2.05, 4.69) is 10.6 Å². The molecule has 0 aliphatic heterocycles. The summed E-state index contributed by atoms with van der Waals surface area (Å²) in [5.74, 6) is -1.27. The lowest BCUT2D eigenvalue weighted by Crippen LogP contribution is -2.46. The first-order valence-corrected chi connectivity index (χ1v) is 7.83. The fourth-order valence-electron chi connectivity index (χ4n) is 1.53. The zero-order chi connectivity index (χ0) is 18.3. The SMILES string of the molecule is CC(C)NC(=O)NC(=O)C(C)OC(=O)COc1ccc(Cl)cc1Cl. The van der Waals surface area contributed by atoms with Crippen molar-refractivity contribution in [1.29, 1.82) is 0 Å². The van der Waals surface area contributed by atoms with Crippen molar-refractivity contribution >= 4 is 41.1 Å². The number of hydrogen-bond acceptors (Lipinski definition) is 5. The van der Waals surface area contributed by atoms with Crippen LogP contribution in [0.15, 0.2) is 18.2 Å². The maximum absolute atomic E-state index is 11.7. The van der Waals surface area contributed by atoms with Crippen LogP contribution in [-0.2, 0) is 14.3 Å². The molecule has 1 atom stereocenters. The van der Waals surface area contributed by atoms with Gasteiger partial charge in [0.1, 0.15) is 5.75 Å². The zero-order valence-electron chi connectivity index (χ0n) is 13.4. The van der Waals surface area contributed by atoms with E-state index in [1.54, 1.807) is 19.9 Å². The summed E-state index contributed by atoms with van der Waals surface area (Å²) < 4.78 is 10.1. The van der Waals surface area contributed by atoms with Crippen LogP contribution in [0.3, 0.4) is 0 Å². The second-order valence-corrected chi connectivity index (χ2v) is 5.96. The number of esters is 1. The molecule has 0 aliphatic carbocycles. The molecular weight excluding hydrogens is 359 g/mol. The van der Waals surface area contributed by atoms with Crippen molar-refractivity contribution in [3.05, 3.63) is 28.2 Å². The lowest BCUT2D eigenvalue weighted by Gasteiger charge is -2.14. The number of amides is 3. The highest BCUT2D eigenvalue weighted by molar-refractivity contribution is 6.35. The van der Waals surface area contributed by atoms with Gasteiger partial charge in [-0.3, -0.25) is 10.1 Å². The molecule has 0 spiro atoms. The summed E-state index contributed by atoms with van der Waals surface area (Å²) in [5, 5.41) is 5.21. The van der Waals surface area contributed by atoms with Gasteiger partial charge in [-0.2, -0.15) is 0 Å². The summed E-state index contributed by atoms with van der Waals surface area (Å²) in [6.07, 6.45) is -1.15. The van der Waals surface area contributed by atoms with Gasteiger partial charge in [-0.15, -0.1) is 0 Å². The standard InChI is InChI=1S/C15H18Cl2N2O5/c1-8(2)18-15(22)19-14(21)9(3)24-13(20)7-23-12-5-4-10(16)6-11(12)17/h4-6,8-9H,7H2,1-3H3,(H2,18,19,21,22). The molecule has 0 saturated carbocycles. The molecule has 1 aromatic rings. The number of hydrogen-bond donors (Lipinski definition) is 2. The summed E-state index contributed by atoms with van der Waals surface area (Å²) in [5.41, 5.74) is 0. The van der Waals surface area contributed by atoms with E-state index >= 15 is 0 Å². The Morgan fingerprint density at radius 2 is 1.83 bits per heavy atom. The third kappa shape index (κ3) is 7.06. The van der Waals surface area contributed by atoms with E-state index in [-0.39, 0.29) is 16.8 Å². The average Bonchev–Trinajstić information content (AvgIpc) is 2.45. The molecule has 2 N–H and O–H groups in total. The van der Waals surface area contributed by atoms with E-state index in [4.69, 9.17) is 32.7 Å². The number of carbonyl (C=O) groups is 3. The molecule has 0 fully saturated rings. The number of benzene rings is 1. The maximum Gasteiger partial charge on any atom is 0.344 e. The normalized spacial score (nSPS) is 11.6. The van der Waals surface area contributed by atoms with E-state index in [1.165, 1.54) is 19.1 Å². The van der Waals surface area contributed by atoms with Crippen LogP contribution in [0.5, 0.6) is 5.75 Å². The molecule has 3 amide bonds. The Hall–Kier alpha value is -1.99. The zero-order valence-corrected chi connectivity index (χ0v) is 14.9. The first kappa shape index (κ1) is 20.1. The van der Waals surface area contributed by atoms with Crippen molar-refractivity contribution < 1.29 is 23.9 Å². The Balaban J connectivity index is 2.43. The Labute approximate surface area is 149 Å². The highest BCUT2D eigenvalue weighted by Gasteiger charge is 2.20. The number of urea groups is 1. The Kier molecular flexibility index (Phi) is 7.81. The van der Waals surface area contributed by atoms with Crippen molar-refractivity contribution in [2.75, 3.05) is 6.61 Å². The largest absolute Gasteiger partial charge is 0.480 e. The molecule has 24 heavy (non-hydrogen) atoms. The fraction of sp³-hybridized carbons (Fsp3) is 0.400. The summed E-state index contributed by atoms with van der Waals surface area (Å²) in [6.45, 7) is 4.38. The van der Waals surface area contributed by atoms with Gasteiger partial charge in [0, 0.05) is 11.1 Å². The van der Waals surface area contributed by atoms with Gasteiger partial charge in [0.15, 0.2) is 12.7 Å². The Bertz CT molecular complexity index is 622. The van der Waals surface area contributed by atoms with Gasteiger partial charge in [0.2, 0.25) is 0 Å². The molecule has 0 heterocycles. The first-order chi connectivity index (χ1) is 11.2. The molecule has 1 rings (SSSR count). The Morgan fingerprint density at radius 1 is 1.17 bits per heavy atom. The molecule has 7 nitrogen and oxygen atoms in total. The van der Waals surface area contributed by atoms with Crippen molar-refractivity contribution in [2.24, 2.45) is 0 Å². The number of carbonyl (C=O) groups excluding carboxylic acids is 3. The molecule has 0 aromatic heterocycles. The highest BCUT2D eigenvalue weighted by atomic mass is 35.5. The van der Waals surface area contributed by atoms with Crippen LogP contribution in [0.4, 0.5) is 4.79 Å². The fourth-order valence-corrected chi connectivity index (χ4v) is 1.99. The summed E-state index contributed by atoms with van der Waals surface area (Å²) in [7, 11) is 0. The van der Waals surface area contributed by atoms with E-state index in [1.807, 2.05) is 0 Å². The number of imide groups is 1. The minimum absolute atomic E-state index is 0.131. The van der Waals surface area contributed by atoms with Crippen LogP contribution in [0.25, 0.3) is 0 Å². The maximum atomic E-state index is 11.7. The second kappa shape index (κ2) is 9.34. The topological polar surface area (TPSA) is 93.7 Å². The number of halogens is 2. The highest BCUT2D eigenvalue weighted by Crippen LogP contribution is 2.27. The molecule has 0 radical (unpaired) electrons. The van der Waals surface area contributed by atoms with Crippen molar-refractivity contribution in [3.63, 3.8) is 0 Å². The summed E-state index contributed by atoms with van der Waals surface area (Å²) >= 11 is 11.6. The van der Waals surface area contributed by atoms with E-state index in [9.17, 15) is 14.4 Å². The molecule has 1 unspecified atom stereocenters. The minimum Gasteiger partial charge on any atom is -0.480 e. The number of ether oxygens (including phenoxy) is 2. The van der Waals surface area contributed by atoms with Gasteiger partial charge in [-0.1, -0.05) is 23.2 Å². The van der Waals surface area contributed by atoms with Crippen LogP contribution >= 0.6 is 23.2 Å². The molecule has 0 saturated heterocycles. The van der Waals surface area contributed by atoms with Crippen LogP contribution in [0, 0.1) is 0 Å². The average molecular weight is 377 g/mol. The monoisotopic (exact) mass is 376 g/mol. The lowest BCUT2D eigenvalue weighted by molar-refractivity contribution is -0.156. The van der Waals surface area contributed by atoms with Crippen LogP contribution in [0.1, 0.15) is 20.8 Å². The second-order valence-electron chi connectivity index (χ2n) is 5.11. The van der Waals surface area contributed by atoms with Crippen LogP contribution in [0.2, 0.25) is 10.0 Å². The summed E-state index contributed by atoms with van der Waals surface area (Å²) in [6, 6.07) is 3.73. The minimum atomic E-state index is -1.15. The van der Waals surface area contributed by atoms with Crippen molar-refractivity contribution in [3.8, 4) is 5.75 Å². The molecule has 9 heteroatoms. The smallest absolute Gasteiger partial charge is 0.344 e. The van der Waals surface area contributed by atoms with Gasteiger partial charge in [-0.25, -0.2) is 9.59 Å². The van der Waals surface area contributed by atoms with Gasteiger partial charge in [0.25, 0.3) is 5.91 Å². The third-order valence-corrected chi connectivity index (χ3v) is 3.10. The number of rotatable bonds is 6. The van der Waals surface area contributed by atoms with E-state index in [0.717, 1.165) is 0 Å². The lowest BCUT2D eigenvalue weighted by atomic mass is 10.3. The van der Waals surface area contributed by atoms with Gasteiger partial charge < -0.3 is 14.8 Å². The van der Waals surface area contributed by atoms with Crippen LogP contribution in [-0.4, -0.2) is 36.7 Å². The molecule has 0 bridgehead atoms. The number of nitrogens with one attached hydrogen (secondary N) is 2. The van der Waals surface area contributed by atoms with Crippen LogP contribution < -0.4 is 15.4 Å². The first-order valence-electron chi connectivity index (χ1n) is 7.07. The van der Waals surface area contributed by atoms with E-state index in [0.29, 0.717) is 5.02 Å². The van der Waals surface area contributed by atoms with Gasteiger partial charge in [-0.05, 0) is 39.0 Å². The molecule has 132 valence electrons. The van der Waals surface area contributed by atoms with Gasteiger partial charge >= 0.3 is 12.0 Å². The molecule has 0 aliphatic rings. The molecular formula is C15H18Cl2N2O5. The third-order valence-electron chi connectivity index (χ3n) is 2.57.